The van der Waals surface area contributed by atoms with Crippen molar-refractivity contribution in [2.75, 3.05) is 0 Å². The molecule has 3 heteroatoms. The first-order chi connectivity index (χ1) is 12.4. The second kappa shape index (κ2) is 5.56. The zero-order chi connectivity index (χ0) is 16.6. The number of nitrogens with one attached hydrogen (secondary N) is 1. The molecule has 0 saturated heterocycles. The van der Waals surface area contributed by atoms with Crippen molar-refractivity contribution < 1.29 is 0 Å². The van der Waals surface area contributed by atoms with Gasteiger partial charge in [0.15, 0.2) is 0 Å². The highest BCUT2D eigenvalue weighted by atomic mass is 14.8. The van der Waals surface area contributed by atoms with E-state index in [1.807, 2.05) is 30.7 Å². The molecule has 1 N–H and O–H groups in total. The normalized spacial score (nSPS) is 14.7. The van der Waals surface area contributed by atoms with Gasteiger partial charge in [0.05, 0.1) is 5.69 Å². The van der Waals surface area contributed by atoms with Crippen LogP contribution in [0.1, 0.15) is 16.7 Å². The fourth-order valence-electron chi connectivity index (χ4n) is 3.47. The van der Waals surface area contributed by atoms with Crippen LogP contribution >= 0.6 is 0 Å². The van der Waals surface area contributed by atoms with Gasteiger partial charge in [0, 0.05) is 58.0 Å². The SMILES string of the molecule is C1=Nc2ccccc2/C1=C(\c1ccncc1)c1c[nH]c2ccccc12. The molecule has 0 amide bonds. The average Bonchev–Trinajstić information content (AvgIpc) is 3.29. The van der Waals surface area contributed by atoms with Crippen molar-refractivity contribution in [3.8, 4) is 0 Å². The van der Waals surface area contributed by atoms with Crippen LogP contribution in [-0.2, 0) is 0 Å². The molecular formula is C22H15N3. The lowest BCUT2D eigenvalue weighted by Gasteiger charge is -2.11. The molecule has 0 saturated carbocycles. The Morgan fingerprint density at radius 2 is 1.64 bits per heavy atom. The molecule has 2 aromatic carbocycles. The molecule has 0 spiro atoms. The smallest absolute Gasteiger partial charge is 0.0709 e. The fourth-order valence-corrected chi connectivity index (χ4v) is 3.47. The minimum atomic E-state index is 1.02. The second-order valence-electron chi connectivity index (χ2n) is 6.05. The number of aromatic nitrogens is 2. The Morgan fingerprint density at radius 1 is 0.840 bits per heavy atom. The second-order valence-corrected chi connectivity index (χ2v) is 6.05. The average molecular weight is 321 g/mol. The summed E-state index contributed by atoms with van der Waals surface area (Å²) < 4.78 is 0. The Balaban J connectivity index is 1.86. The van der Waals surface area contributed by atoms with Crippen LogP contribution in [0.2, 0.25) is 0 Å². The maximum atomic E-state index is 4.61. The first-order valence-electron chi connectivity index (χ1n) is 8.26. The number of hydrogen-bond acceptors (Lipinski definition) is 2. The van der Waals surface area contributed by atoms with Gasteiger partial charge in [-0.05, 0) is 29.8 Å². The number of pyridine rings is 1. The van der Waals surface area contributed by atoms with Crippen molar-refractivity contribution in [2.24, 2.45) is 4.99 Å². The molecule has 0 aliphatic carbocycles. The van der Waals surface area contributed by atoms with Gasteiger partial charge >= 0.3 is 0 Å². The Kier molecular flexibility index (Phi) is 3.10. The molecule has 118 valence electrons. The van der Waals surface area contributed by atoms with E-state index < -0.39 is 0 Å². The van der Waals surface area contributed by atoms with Gasteiger partial charge < -0.3 is 4.98 Å². The molecule has 1 aliphatic rings. The highest BCUT2D eigenvalue weighted by Gasteiger charge is 2.20. The number of hydrogen-bond donors (Lipinski definition) is 1. The first kappa shape index (κ1) is 13.9. The summed E-state index contributed by atoms with van der Waals surface area (Å²) in [5.41, 5.74) is 7.95. The van der Waals surface area contributed by atoms with E-state index in [-0.39, 0.29) is 0 Å². The lowest BCUT2D eigenvalue weighted by molar-refractivity contribution is 1.32. The van der Waals surface area contributed by atoms with Crippen LogP contribution in [0.25, 0.3) is 22.0 Å². The molecule has 5 rings (SSSR count). The van der Waals surface area contributed by atoms with Crippen LogP contribution in [0, 0.1) is 0 Å². The molecule has 3 heterocycles. The van der Waals surface area contributed by atoms with Gasteiger partial charge in [0.25, 0.3) is 0 Å². The third-order valence-electron chi connectivity index (χ3n) is 4.62. The molecule has 3 nitrogen and oxygen atoms in total. The first-order valence-corrected chi connectivity index (χ1v) is 8.26. The molecule has 0 fully saturated rings. The van der Waals surface area contributed by atoms with E-state index >= 15 is 0 Å². The van der Waals surface area contributed by atoms with Crippen LogP contribution in [0.5, 0.6) is 0 Å². The molecule has 0 atom stereocenters. The van der Waals surface area contributed by atoms with Gasteiger partial charge in [0.2, 0.25) is 0 Å². The van der Waals surface area contributed by atoms with Crippen LogP contribution in [0.4, 0.5) is 5.69 Å². The molecule has 25 heavy (non-hydrogen) atoms. The van der Waals surface area contributed by atoms with E-state index in [0.717, 1.165) is 22.3 Å². The van der Waals surface area contributed by atoms with E-state index in [1.165, 1.54) is 22.1 Å². The summed E-state index contributed by atoms with van der Waals surface area (Å²) >= 11 is 0. The quantitative estimate of drug-likeness (QED) is 0.539. The Bertz CT molecular complexity index is 1130. The van der Waals surface area contributed by atoms with Gasteiger partial charge in [-0.1, -0.05) is 36.4 Å². The van der Waals surface area contributed by atoms with Crippen molar-refractivity contribution >= 4 is 34.0 Å². The van der Waals surface area contributed by atoms with Crippen LogP contribution in [0.15, 0.2) is 84.2 Å². The van der Waals surface area contributed by atoms with Gasteiger partial charge in [0.1, 0.15) is 0 Å². The van der Waals surface area contributed by atoms with Crippen molar-refractivity contribution in [1.29, 1.82) is 0 Å². The topological polar surface area (TPSA) is 41.0 Å². The van der Waals surface area contributed by atoms with Crippen LogP contribution in [0.3, 0.4) is 0 Å². The summed E-state index contributed by atoms with van der Waals surface area (Å²) in [5, 5.41) is 1.21. The van der Waals surface area contributed by atoms with Crippen LogP contribution in [-0.4, -0.2) is 16.2 Å². The zero-order valence-corrected chi connectivity index (χ0v) is 13.5. The number of aromatic amines is 1. The summed E-state index contributed by atoms with van der Waals surface area (Å²) in [5.74, 6) is 0. The minimum absolute atomic E-state index is 1.02. The maximum absolute atomic E-state index is 4.61. The van der Waals surface area contributed by atoms with Gasteiger partial charge in [-0.25, -0.2) is 0 Å². The van der Waals surface area contributed by atoms with Crippen molar-refractivity contribution in [1.82, 2.24) is 9.97 Å². The Labute approximate surface area is 145 Å². The van der Waals surface area contributed by atoms with Crippen LogP contribution < -0.4 is 0 Å². The summed E-state index contributed by atoms with van der Waals surface area (Å²) in [7, 11) is 0. The standard InChI is InChI=1S/C22H15N3/c1-3-7-20-16(5-1)18(13-24-20)22(15-9-11-23-12-10-15)19-14-25-21-8-4-2-6-17(19)21/h1-14,24H/b22-19+. The Morgan fingerprint density at radius 3 is 2.56 bits per heavy atom. The van der Waals surface area contributed by atoms with E-state index in [1.54, 1.807) is 0 Å². The number of H-pyrrole nitrogens is 1. The Hall–Kier alpha value is -3.46. The van der Waals surface area contributed by atoms with E-state index in [9.17, 15) is 0 Å². The fraction of sp³-hybridized carbons (Fsp3) is 0. The van der Waals surface area contributed by atoms with E-state index in [4.69, 9.17) is 0 Å². The molecule has 0 unspecified atom stereocenters. The number of nitrogens with zero attached hydrogens (tertiary/aromatic N) is 2. The van der Waals surface area contributed by atoms with Gasteiger partial charge in [-0.15, -0.1) is 0 Å². The number of para-hydroxylation sites is 2. The third kappa shape index (κ3) is 2.21. The summed E-state index contributed by atoms with van der Waals surface area (Å²) in [4.78, 5) is 12.2. The lowest BCUT2D eigenvalue weighted by Crippen LogP contribution is -1.93. The number of benzene rings is 2. The molecule has 4 aromatic rings. The van der Waals surface area contributed by atoms with Crippen molar-refractivity contribution in [2.45, 2.75) is 0 Å². The number of aliphatic imine (C=N–C) groups is 1. The van der Waals surface area contributed by atoms with Crippen molar-refractivity contribution in [3.63, 3.8) is 0 Å². The molecule has 0 radical (unpaired) electrons. The van der Waals surface area contributed by atoms with Gasteiger partial charge in [-0.2, -0.15) is 0 Å². The molecule has 2 aromatic heterocycles. The summed E-state index contributed by atoms with van der Waals surface area (Å²) in [6, 6.07) is 20.8. The predicted molar refractivity (Wildman–Crippen MR) is 103 cm³/mol. The van der Waals surface area contributed by atoms with Gasteiger partial charge in [-0.3, -0.25) is 9.98 Å². The number of fused-ring (bicyclic) bond motifs is 2. The largest absolute Gasteiger partial charge is 0.361 e. The summed E-state index contributed by atoms with van der Waals surface area (Å²) in [6.07, 6.45) is 7.73. The predicted octanol–water partition coefficient (Wildman–Crippen LogP) is 5.24. The highest BCUT2D eigenvalue weighted by Crippen LogP contribution is 2.40. The molecular weight excluding hydrogens is 306 g/mol. The highest BCUT2D eigenvalue weighted by molar-refractivity contribution is 6.27. The monoisotopic (exact) mass is 321 g/mol. The zero-order valence-electron chi connectivity index (χ0n) is 13.5. The van der Waals surface area contributed by atoms with E-state index in [0.29, 0.717) is 0 Å². The molecule has 0 bridgehead atoms. The minimum Gasteiger partial charge on any atom is -0.361 e. The third-order valence-corrected chi connectivity index (χ3v) is 4.62. The van der Waals surface area contributed by atoms with Crippen molar-refractivity contribution in [3.05, 3.63) is 95.9 Å². The lowest BCUT2D eigenvalue weighted by atomic mass is 9.90. The number of allylic oxidation sites excluding steroid dienone is 1. The number of rotatable bonds is 2. The maximum Gasteiger partial charge on any atom is 0.0709 e. The summed E-state index contributed by atoms with van der Waals surface area (Å²) in [6.45, 7) is 0. The molecule has 1 aliphatic heterocycles. The van der Waals surface area contributed by atoms with E-state index in [2.05, 4.69) is 69.7 Å².